The van der Waals surface area contributed by atoms with Gasteiger partial charge in [-0.2, -0.15) is 0 Å². The molecule has 0 aromatic heterocycles. The van der Waals surface area contributed by atoms with Gasteiger partial charge in [-0.25, -0.2) is 0 Å². The van der Waals surface area contributed by atoms with Crippen LogP contribution < -0.4 is 20.5 Å². The van der Waals surface area contributed by atoms with Gasteiger partial charge in [-0.15, -0.1) is 0 Å². The van der Waals surface area contributed by atoms with Gasteiger partial charge in [0.1, 0.15) is 11.5 Å². The molecule has 3 N–H and O–H groups in total. The average molecular weight is 286 g/mol. The van der Waals surface area contributed by atoms with E-state index in [4.69, 9.17) is 15.2 Å². The molecular formula is C16H18N2O3. The summed E-state index contributed by atoms with van der Waals surface area (Å²) in [5.74, 6) is 0.856. The molecule has 2 aromatic rings. The highest BCUT2D eigenvalue weighted by Gasteiger charge is 2.06. The molecule has 0 saturated carbocycles. The van der Waals surface area contributed by atoms with E-state index in [0.29, 0.717) is 23.7 Å². The van der Waals surface area contributed by atoms with Crippen LogP contribution in [0.3, 0.4) is 0 Å². The van der Waals surface area contributed by atoms with Crippen LogP contribution >= 0.6 is 0 Å². The summed E-state index contributed by atoms with van der Waals surface area (Å²) in [6.07, 6.45) is 0. The van der Waals surface area contributed by atoms with E-state index >= 15 is 0 Å². The molecule has 21 heavy (non-hydrogen) atoms. The largest absolute Gasteiger partial charge is 0.497 e. The third kappa shape index (κ3) is 4.42. The highest BCUT2D eigenvalue weighted by Crippen LogP contribution is 2.26. The van der Waals surface area contributed by atoms with Gasteiger partial charge in [0.15, 0.2) is 6.61 Å². The first-order chi connectivity index (χ1) is 10.2. The molecule has 0 heterocycles. The van der Waals surface area contributed by atoms with Crippen LogP contribution in [0.25, 0.3) is 0 Å². The lowest BCUT2D eigenvalue weighted by Crippen LogP contribution is -2.28. The molecule has 2 aromatic carbocycles. The van der Waals surface area contributed by atoms with Crippen LogP contribution in [0, 0.1) is 0 Å². The van der Waals surface area contributed by atoms with E-state index in [1.807, 2.05) is 30.3 Å². The lowest BCUT2D eigenvalue weighted by atomic mass is 10.2. The Morgan fingerprint density at radius 3 is 2.67 bits per heavy atom. The summed E-state index contributed by atoms with van der Waals surface area (Å²) in [4.78, 5) is 11.7. The molecule has 2 rings (SSSR count). The number of rotatable bonds is 6. The van der Waals surface area contributed by atoms with Gasteiger partial charge in [-0.1, -0.05) is 30.3 Å². The number of carbonyl (C=O) groups is 1. The molecule has 0 aliphatic heterocycles. The van der Waals surface area contributed by atoms with Gasteiger partial charge in [0.05, 0.1) is 12.8 Å². The van der Waals surface area contributed by atoms with E-state index in [-0.39, 0.29) is 12.5 Å². The number of nitrogens with two attached hydrogens (primary N) is 1. The Labute approximate surface area is 123 Å². The molecular weight excluding hydrogens is 268 g/mol. The van der Waals surface area contributed by atoms with E-state index in [2.05, 4.69) is 5.32 Å². The second-order valence-corrected chi connectivity index (χ2v) is 4.45. The molecule has 5 heteroatoms. The molecule has 0 unspecified atom stereocenters. The van der Waals surface area contributed by atoms with Crippen molar-refractivity contribution in [3.8, 4) is 11.5 Å². The molecule has 0 fully saturated rings. The Hall–Kier alpha value is -2.69. The van der Waals surface area contributed by atoms with Crippen LogP contribution in [0.4, 0.5) is 5.69 Å². The van der Waals surface area contributed by atoms with Crippen molar-refractivity contribution in [1.82, 2.24) is 5.32 Å². The fourth-order valence-electron chi connectivity index (χ4n) is 1.76. The summed E-state index contributed by atoms with van der Waals surface area (Å²) in [6, 6.07) is 14.7. The van der Waals surface area contributed by atoms with E-state index in [0.717, 1.165) is 5.56 Å². The third-order valence-corrected chi connectivity index (χ3v) is 2.91. The highest BCUT2D eigenvalue weighted by atomic mass is 16.5. The van der Waals surface area contributed by atoms with E-state index in [9.17, 15) is 4.79 Å². The van der Waals surface area contributed by atoms with Crippen LogP contribution in [0.1, 0.15) is 5.56 Å². The number of carbonyl (C=O) groups excluding carboxylic acids is 1. The normalized spacial score (nSPS) is 9.95. The maximum absolute atomic E-state index is 11.7. The molecule has 0 aliphatic rings. The Morgan fingerprint density at radius 1 is 1.19 bits per heavy atom. The van der Waals surface area contributed by atoms with Gasteiger partial charge in [0.2, 0.25) is 0 Å². The molecule has 0 aliphatic carbocycles. The molecule has 0 saturated heterocycles. The maximum atomic E-state index is 11.7. The zero-order chi connectivity index (χ0) is 15.1. The third-order valence-electron chi connectivity index (χ3n) is 2.91. The van der Waals surface area contributed by atoms with Gasteiger partial charge in [0, 0.05) is 12.6 Å². The number of nitrogens with one attached hydrogen (secondary N) is 1. The number of ether oxygens (including phenoxy) is 2. The van der Waals surface area contributed by atoms with E-state index in [1.165, 1.54) is 0 Å². The smallest absolute Gasteiger partial charge is 0.258 e. The standard InChI is InChI=1S/C16H18N2O3/c1-20-13-7-8-14(17)15(9-13)21-11-16(19)18-10-12-5-3-2-4-6-12/h2-9H,10-11,17H2,1H3,(H,18,19). The summed E-state index contributed by atoms with van der Waals surface area (Å²) in [7, 11) is 1.56. The quantitative estimate of drug-likeness (QED) is 0.796. The second-order valence-electron chi connectivity index (χ2n) is 4.45. The van der Waals surface area contributed by atoms with Gasteiger partial charge < -0.3 is 20.5 Å². The van der Waals surface area contributed by atoms with E-state index in [1.54, 1.807) is 25.3 Å². The first-order valence-electron chi connectivity index (χ1n) is 6.56. The predicted octanol–water partition coefficient (Wildman–Crippen LogP) is 1.97. The van der Waals surface area contributed by atoms with Crippen molar-refractivity contribution < 1.29 is 14.3 Å². The Kier molecular flexibility index (Phi) is 5.04. The molecule has 110 valence electrons. The highest BCUT2D eigenvalue weighted by molar-refractivity contribution is 5.77. The topological polar surface area (TPSA) is 73.6 Å². The fraction of sp³-hybridized carbons (Fsp3) is 0.188. The predicted molar refractivity (Wildman–Crippen MR) is 81.2 cm³/mol. The van der Waals surface area contributed by atoms with Crippen molar-refractivity contribution in [1.29, 1.82) is 0 Å². The summed E-state index contributed by atoms with van der Waals surface area (Å²) in [6.45, 7) is 0.376. The van der Waals surface area contributed by atoms with Crippen molar-refractivity contribution in [3.05, 3.63) is 54.1 Å². The Bertz CT molecular complexity index is 600. The van der Waals surface area contributed by atoms with Gasteiger partial charge in [-0.3, -0.25) is 4.79 Å². The SMILES string of the molecule is COc1ccc(N)c(OCC(=O)NCc2ccccc2)c1. The zero-order valence-corrected chi connectivity index (χ0v) is 11.8. The Balaban J connectivity index is 1.84. The number of anilines is 1. The molecule has 0 bridgehead atoms. The summed E-state index contributed by atoms with van der Waals surface area (Å²) in [5.41, 5.74) is 7.28. The number of methoxy groups -OCH3 is 1. The first kappa shape index (κ1) is 14.7. The van der Waals surface area contributed by atoms with Crippen LogP contribution in [-0.4, -0.2) is 19.6 Å². The summed E-state index contributed by atoms with van der Waals surface area (Å²) in [5, 5.41) is 2.78. The van der Waals surface area contributed by atoms with Crippen molar-refractivity contribution in [2.24, 2.45) is 0 Å². The number of benzene rings is 2. The van der Waals surface area contributed by atoms with Crippen LogP contribution in [0.5, 0.6) is 11.5 Å². The lowest BCUT2D eigenvalue weighted by Gasteiger charge is -2.10. The van der Waals surface area contributed by atoms with Crippen molar-refractivity contribution in [2.75, 3.05) is 19.5 Å². The monoisotopic (exact) mass is 286 g/mol. The minimum Gasteiger partial charge on any atom is -0.497 e. The molecule has 0 atom stereocenters. The summed E-state index contributed by atoms with van der Waals surface area (Å²) >= 11 is 0. The number of hydrogen-bond donors (Lipinski definition) is 2. The van der Waals surface area contributed by atoms with E-state index < -0.39 is 0 Å². The van der Waals surface area contributed by atoms with Crippen molar-refractivity contribution in [3.63, 3.8) is 0 Å². The van der Waals surface area contributed by atoms with Crippen molar-refractivity contribution >= 4 is 11.6 Å². The molecule has 0 spiro atoms. The number of amides is 1. The summed E-state index contributed by atoms with van der Waals surface area (Å²) < 4.78 is 10.5. The zero-order valence-electron chi connectivity index (χ0n) is 11.8. The van der Waals surface area contributed by atoms with Crippen LogP contribution in [-0.2, 0) is 11.3 Å². The lowest BCUT2D eigenvalue weighted by molar-refractivity contribution is -0.123. The number of hydrogen-bond acceptors (Lipinski definition) is 4. The van der Waals surface area contributed by atoms with Crippen LogP contribution in [0.2, 0.25) is 0 Å². The molecule has 5 nitrogen and oxygen atoms in total. The van der Waals surface area contributed by atoms with Crippen LogP contribution in [0.15, 0.2) is 48.5 Å². The Morgan fingerprint density at radius 2 is 1.95 bits per heavy atom. The average Bonchev–Trinajstić information content (AvgIpc) is 2.53. The minimum atomic E-state index is -0.207. The number of nitrogen functional groups attached to an aromatic ring is 1. The maximum Gasteiger partial charge on any atom is 0.258 e. The van der Waals surface area contributed by atoms with Crippen molar-refractivity contribution in [2.45, 2.75) is 6.54 Å². The minimum absolute atomic E-state index is 0.0931. The first-order valence-corrected chi connectivity index (χ1v) is 6.56. The van der Waals surface area contributed by atoms with Gasteiger partial charge in [-0.05, 0) is 17.7 Å². The fourth-order valence-corrected chi connectivity index (χ4v) is 1.76. The van der Waals surface area contributed by atoms with Gasteiger partial charge in [0.25, 0.3) is 5.91 Å². The second kappa shape index (κ2) is 7.19. The molecule has 0 radical (unpaired) electrons. The van der Waals surface area contributed by atoms with Gasteiger partial charge >= 0.3 is 0 Å². The molecule has 1 amide bonds.